The van der Waals surface area contributed by atoms with Gasteiger partial charge in [-0.05, 0) is 20.3 Å². The highest BCUT2D eigenvalue weighted by Gasteiger charge is 2.01. The van der Waals surface area contributed by atoms with E-state index in [4.69, 9.17) is 10.1 Å². The Morgan fingerprint density at radius 2 is 1.90 bits per heavy atom. The van der Waals surface area contributed by atoms with Crippen LogP contribution in [0.5, 0.6) is 0 Å². The second kappa shape index (κ2) is 4.09. The Bertz CT molecular complexity index is 159. The molecule has 0 aliphatic carbocycles. The van der Waals surface area contributed by atoms with Crippen molar-refractivity contribution in [2.45, 2.75) is 27.2 Å². The Morgan fingerprint density at radius 3 is 2.00 bits per heavy atom. The van der Waals surface area contributed by atoms with Gasteiger partial charge in [0.25, 0.3) is 0 Å². The van der Waals surface area contributed by atoms with Crippen molar-refractivity contribution in [1.29, 1.82) is 5.41 Å². The van der Waals surface area contributed by atoms with Gasteiger partial charge in [0.1, 0.15) is 0 Å². The van der Waals surface area contributed by atoms with E-state index < -0.39 is 0 Å². The van der Waals surface area contributed by atoms with E-state index in [2.05, 4.69) is 0 Å². The van der Waals surface area contributed by atoms with E-state index in [9.17, 15) is 0 Å². The molecule has 1 N–H and O–H groups in total. The molecule has 0 aromatic heterocycles. The van der Waals surface area contributed by atoms with Crippen LogP contribution in [-0.4, -0.2) is 12.8 Å². The van der Waals surface area contributed by atoms with Crippen LogP contribution >= 0.6 is 0 Å². The molecule has 0 aromatic rings. The second-order valence-electron chi connectivity index (χ2n) is 2.22. The molecule has 0 aliphatic heterocycles. The first-order chi connectivity index (χ1) is 4.63. The van der Waals surface area contributed by atoms with E-state index in [1.807, 2.05) is 13.8 Å². The number of hydrogen-bond donors (Lipinski definition) is 1. The van der Waals surface area contributed by atoms with Crippen molar-refractivity contribution >= 4 is 5.71 Å². The summed E-state index contributed by atoms with van der Waals surface area (Å²) in [5.41, 5.74) is 1.60. The summed E-state index contributed by atoms with van der Waals surface area (Å²) in [6.45, 7) is 5.69. The molecule has 2 nitrogen and oxygen atoms in total. The van der Waals surface area contributed by atoms with Crippen molar-refractivity contribution in [2.24, 2.45) is 0 Å². The minimum Gasteiger partial charge on any atom is -0.501 e. The van der Waals surface area contributed by atoms with Gasteiger partial charge in [0.15, 0.2) is 0 Å². The number of methoxy groups -OCH3 is 1. The van der Waals surface area contributed by atoms with Crippen molar-refractivity contribution in [2.75, 3.05) is 7.11 Å². The lowest BCUT2D eigenvalue weighted by Crippen LogP contribution is -1.98. The molecule has 0 aromatic carbocycles. The minimum absolute atomic E-state index is 0.599. The summed E-state index contributed by atoms with van der Waals surface area (Å²) in [5.74, 6) is 0.856. The van der Waals surface area contributed by atoms with Crippen LogP contribution in [0.25, 0.3) is 0 Å². The van der Waals surface area contributed by atoms with Crippen molar-refractivity contribution < 1.29 is 4.74 Å². The fraction of sp³-hybridized carbons (Fsp3) is 0.625. The third kappa shape index (κ3) is 2.21. The molecule has 0 aliphatic rings. The van der Waals surface area contributed by atoms with Crippen LogP contribution < -0.4 is 0 Å². The zero-order chi connectivity index (χ0) is 8.15. The van der Waals surface area contributed by atoms with Gasteiger partial charge in [-0.15, -0.1) is 0 Å². The van der Waals surface area contributed by atoms with Gasteiger partial charge in [-0.1, -0.05) is 6.92 Å². The van der Waals surface area contributed by atoms with Gasteiger partial charge in [0, 0.05) is 11.3 Å². The molecule has 0 unspecified atom stereocenters. The third-order valence-electron chi connectivity index (χ3n) is 1.54. The van der Waals surface area contributed by atoms with Gasteiger partial charge in [-0.3, -0.25) is 0 Å². The van der Waals surface area contributed by atoms with E-state index in [1.165, 1.54) is 0 Å². The molecular formula is C8H15NO. The van der Waals surface area contributed by atoms with Crippen LogP contribution in [0.3, 0.4) is 0 Å². The summed E-state index contributed by atoms with van der Waals surface area (Å²) in [5, 5.41) is 7.35. The lowest BCUT2D eigenvalue weighted by Gasteiger charge is -2.06. The molecule has 0 spiro atoms. The number of hydrogen-bond acceptors (Lipinski definition) is 2. The Labute approximate surface area is 62.4 Å². The van der Waals surface area contributed by atoms with Gasteiger partial charge in [-0.2, -0.15) is 0 Å². The highest BCUT2D eigenvalue weighted by molar-refractivity contribution is 5.95. The van der Waals surface area contributed by atoms with Crippen LogP contribution in [0.4, 0.5) is 0 Å². The lowest BCUT2D eigenvalue weighted by atomic mass is 10.1. The second-order valence-corrected chi connectivity index (χ2v) is 2.22. The van der Waals surface area contributed by atoms with E-state index in [-0.39, 0.29) is 0 Å². The Morgan fingerprint density at radius 1 is 1.40 bits per heavy atom. The van der Waals surface area contributed by atoms with Crippen molar-refractivity contribution in [3.8, 4) is 0 Å². The number of nitrogens with one attached hydrogen (secondary N) is 1. The van der Waals surface area contributed by atoms with Crippen LogP contribution in [0, 0.1) is 5.41 Å². The topological polar surface area (TPSA) is 33.1 Å². The maximum absolute atomic E-state index is 7.35. The molecule has 0 saturated heterocycles. The fourth-order valence-electron chi connectivity index (χ4n) is 0.901. The quantitative estimate of drug-likeness (QED) is 0.475. The zero-order valence-electron chi connectivity index (χ0n) is 7.12. The first-order valence-corrected chi connectivity index (χ1v) is 3.42. The normalized spacial score (nSPS) is 12.4. The van der Waals surface area contributed by atoms with Gasteiger partial charge >= 0.3 is 0 Å². The maximum atomic E-state index is 7.35. The summed E-state index contributed by atoms with van der Waals surface area (Å²) in [6.07, 6.45) is 0.870. The fourth-order valence-corrected chi connectivity index (χ4v) is 0.901. The molecule has 0 rings (SSSR count). The monoisotopic (exact) mass is 141 g/mol. The summed E-state index contributed by atoms with van der Waals surface area (Å²) < 4.78 is 5.00. The molecule has 0 saturated carbocycles. The van der Waals surface area contributed by atoms with Gasteiger partial charge in [-0.25, -0.2) is 0 Å². The summed E-state index contributed by atoms with van der Waals surface area (Å²) in [6, 6.07) is 0. The highest BCUT2D eigenvalue weighted by atomic mass is 16.5. The van der Waals surface area contributed by atoms with Crippen LogP contribution in [0.1, 0.15) is 27.2 Å². The van der Waals surface area contributed by atoms with Crippen LogP contribution in [0.15, 0.2) is 11.3 Å². The molecule has 0 amide bonds. The van der Waals surface area contributed by atoms with E-state index in [1.54, 1.807) is 14.0 Å². The lowest BCUT2D eigenvalue weighted by molar-refractivity contribution is 0.290. The molecule has 0 bridgehead atoms. The average molecular weight is 141 g/mol. The van der Waals surface area contributed by atoms with E-state index >= 15 is 0 Å². The number of rotatable bonds is 3. The molecule has 0 fully saturated rings. The molecule has 58 valence electrons. The molecule has 0 radical (unpaired) electrons. The van der Waals surface area contributed by atoms with Crippen molar-refractivity contribution in [3.63, 3.8) is 0 Å². The van der Waals surface area contributed by atoms with Gasteiger partial charge < -0.3 is 10.1 Å². The standard InChI is InChI=1S/C8H15NO/c1-5-8(6(2)9)7(3)10-4/h9H,5H2,1-4H3. The van der Waals surface area contributed by atoms with Crippen molar-refractivity contribution in [3.05, 3.63) is 11.3 Å². The Kier molecular flexibility index (Phi) is 3.77. The minimum atomic E-state index is 0.599. The summed E-state index contributed by atoms with van der Waals surface area (Å²) in [7, 11) is 1.63. The number of allylic oxidation sites excluding steroid dienone is 2. The van der Waals surface area contributed by atoms with E-state index in [0.29, 0.717) is 5.71 Å². The maximum Gasteiger partial charge on any atom is 0.0974 e. The smallest absolute Gasteiger partial charge is 0.0974 e. The van der Waals surface area contributed by atoms with Crippen molar-refractivity contribution in [1.82, 2.24) is 0 Å². The molecule has 0 heterocycles. The average Bonchev–Trinajstić information content (AvgIpc) is 1.88. The SMILES string of the molecule is CCC(C(C)=N)=C(C)OC. The molecular weight excluding hydrogens is 126 g/mol. The van der Waals surface area contributed by atoms with Gasteiger partial charge in [0.2, 0.25) is 0 Å². The molecule has 0 atom stereocenters. The largest absolute Gasteiger partial charge is 0.501 e. The first kappa shape index (κ1) is 9.21. The van der Waals surface area contributed by atoms with Crippen LogP contribution in [-0.2, 0) is 4.74 Å². The number of ether oxygens (including phenoxy) is 1. The predicted octanol–water partition coefficient (Wildman–Crippen LogP) is 2.36. The Hall–Kier alpha value is -0.790. The Balaban J connectivity index is 4.45. The predicted molar refractivity (Wildman–Crippen MR) is 43.4 cm³/mol. The van der Waals surface area contributed by atoms with E-state index in [0.717, 1.165) is 17.8 Å². The highest BCUT2D eigenvalue weighted by Crippen LogP contribution is 2.09. The third-order valence-corrected chi connectivity index (χ3v) is 1.54. The summed E-state index contributed by atoms with van der Waals surface area (Å²) in [4.78, 5) is 0. The zero-order valence-corrected chi connectivity index (χ0v) is 7.12. The summed E-state index contributed by atoms with van der Waals surface area (Å²) >= 11 is 0. The molecule has 2 heteroatoms. The molecule has 10 heavy (non-hydrogen) atoms. The van der Waals surface area contributed by atoms with Crippen LogP contribution in [0.2, 0.25) is 0 Å². The first-order valence-electron chi connectivity index (χ1n) is 3.42. The van der Waals surface area contributed by atoms with Gasteiger partial charge in [0.05, 0.1) is 12.9 Å².